The SMILES string of the molecule is CC(C)(ON=C(C(=O)O)c1ccco1)C(N)=O. The van der Waals surface area contributed by atoms with Gasteiger partial charge in [-0.15, -0.1) is 0 Å². The van der Waals surface area contributed by atoms with Gasteiger partial charge in [-0.05, 0) is 26.0 Å². The molecule has 7 heteroatoms. The Labute approximate surface area is 96.8 Å². The summed E-state index contributed by atoms with van der Waals surface area (Å²) in [5.41, 5.74) is 3.21. The van der Waals surface area contributed by atoms with E-state index in [-0.39, 0.29) is 5.76 Å². The van der Waals surface area contributed by atoms with Crippen LogP contribution in [0.4, 0.5) is 0 Å². The summed E-state index contributed by atoms with van der Waals surface area (Å²) in [7, 11) is 0. The Kier molecular flexibility index (Phi) is 3.52. The zero-order valence-corrected chi connectivity index (χ0v) is 9.34. The summed E-state index contributed by atoms with van der Waals surface area (Å²) in [4.78, 5) is 26.7. The first-order chi connectivity index (χ1) is 7.84. The summed E-state index contributed by atoms with van der Waals surface area (Å²) in [6.07, 6.45) is 1.30. The van der Waals surface area contributed by atoms with Gasteiger partial charge in [-0.25, -0.2) is 4.79 Å². The second kappa shape index (κ2) is 4.69. The third kappa shape index (κ3) is 3.07. The van der Waals surface area contributed by atoms with Gasteiger partial charge >= 0.3 is 5.97 Å². The molecule has 0 aliphatic rings. The molecule has 0 saturated heterocycles. The van der Waals surface area contributed by atoms with Gasteiger partial charge in [0, 0.05) is 0 Å². The number of aliphatic carboxylic acids is 1. The molecule has 1 amide bonds. The minimum Gasteiger partial charge on any atom is -0.476 e. The molecule has 1 heterocycles. The Balaban J connectivity index is 2.94. The van der Waals surface area contributed by atoms with E-state index in [4.69, 9.17) is 20.1 Å². The quantitative estimate of drug-likeness (QED) is 0.569. The molecule has 92 valence electrons. The van der Waals surface area contributed by atoms with Crippen LogP contribution >= 0.6 is 0 Å². The molecule has 0 aliphatic heterocycles. The van der Waals surface area contributed by atoms with E-state index in [1.807, 2.05) is 0 Å². The van der Waals surface area contributed by atoms with Gasteiger partial charge in [0.05, 0.1) is 6.26 Å². The molecule has 7 nitrogen and oxygen atoms in total. The molecule has 3 N–H and O–H groups in total. The highest BCUT2D eigenvalue weighted by Crippen LogP contribution is 2.11. The number of hydrogen-bond acceptors (Lipinski definition) is 5. The molecule has 0 aromatic carbocycles. The first-order valence-corrected chi connectivity index (χ1v) is 4.68. The Morgan fingerprint density at radius 1 is 1.53 bits per heavy atom. The average molecular weight is 240 g/mol. The molecular weight excluding hydrogens is 228 g/mol. The molecule has 0 bridgehead atoms. The van der Waals surface area contributed by atoms with Crippen LogP contribution in [0.15, 0.2) is 28.0 Å². The van der Waals surface area contributed by atoms with Crippen molar-refractivity contribution in [3.63, 3.8) is 0 Å². The van der Waals surface area contributed by atoms with Crippen molar-refractivity contribution in [1.82, 2.24) is 0 Å². The summed E-state index contributed by atoms with van der Waals surface area (Å²) in [6, 6.07) is 2.92. The van der Waals surface area contributed by atoms with E-state index in [1.165, 1.54) is 32.2 Å². The standard InChI is InChI=1S/C10H12N2O5/c1-10(2,9(11)15)17-12-7(8(13)14)6-4-3-5-16-6/h3-5H,1-2H3,(H2,11,15)(H,13,14). The van der Waals surface area contributed by atoms with Crippen molar-refractivity contribution >= 4 is 17.6 Å². The minimum atomic E-state index is -1.40. The highest BCUT2D eigenvalue weighted by atomic mass is 16.7. The van der Waals surface area contributed by atoms with E-state index >= 15 is 0 Å². The van der Waals surface area contributed by atoms with Crippen molar-refractivity contribution in [3.8, 4) is 0 Å². The fraction of sp³-hybridized carbons (Fsp3) is 0.300. The number of primary amides is 1. The predicted molar refractivity (Wildman–Crippen MR) is 57.2 cm³/mol. The summed E-state index contributed by atoms with van der Waals surface area (Å²) < 4.78 is 4.87. The largest absolute Gasteiger partial charge is 0.476 e. The van der Waals surface area contributed by atoms with Crippen LogP contribution in [0.3, 0.4) is 0 Å². The number of carbonyl (C=O) groups is 2. The number of carboxylic acids is 1. The van der Waals surface area contributed by atoms with Crippen molar-refractivity contribution in [1.29, 1.82) is 0 Å². The Hall–Kier alpha value is -2.31. The van der Waals surface area contributed by atoms with E-state index in [9.17, 15) is 9.59 Å². The second-order valence-electron chi connectivity index (χ2n) is 3.69. The van der Waals surface area contributed by atoms with Gasteiger partial charge in [-0.1, -0.05) is 5.16 Å². The third-order valence-electron chi connectivity index (χ3n) is 1.92. The van der Waals surface area contributed by atoms with E-state index < -0.39 is 23.2 Å². The number of hydrogen-bond donors (Lipinski definition) is 2. The average Bonchev–Trinajstić information content (AvgIpc) is 2.70. The van der Waals surface area contributed by atoms with Crippen molar-refractivity contribution in [2.75, 3.05) is 0 Å². The molecule has 0 spiro atoms. The lowest BCUT2D eigenvalue weighted by Gasteiger charge is -2.17. The topological polar surface area (TPSA) is 115 Å². The van der Waals surface area contributed by atoms with Crippen LogP contribution in [-0.4, -0.2) is 28.3 Å². The number of carbonyl (C=O) groups excluding carboxylic acids is 1. The fourth-order valence-electron chi connectivity index (χ4n) is 0.807. The monoisotopic (exact) mass is 240 g/mol. The number of oxime groups is 1. The molecule has 0 radical (unpaired) electrons. The molecular formula is C10H12N2O5. The van der Waals surface area contributed by atoms with Crippen molar-refractivity contribution < 1.29 is 24.0 Å². The normalized spacial score (nSPS) is 12.2. The van der Waals surface area contributed by atoms with Crippen LogP contribution in [0.1, 0.15) is 19.6 Å². The maximum atomic E-state index is 10.9. The summed E-state index contributed by atoms with van der Waals surface area (Å²) in [5.74, 6) is -2.07. The van der Waals surface area contributed by atoms with E-state index in [1.54, 1.807) is 0 Å². The van der Waals surface area contributed by atoms with Gasteiger partial charge in [0.2, 0.25) is 11.3 Å². The van der Waals surface area contributed by atoms with Gasteiger partial charge in [-0.2, -0.15) is 0 Å². The number of furan rings is 1. The summed E-state index contributed by atoms with van der Waals surface area (Å²) in [5, 5.41) is 12.3. The Bertz CT molecular complexity index is 447. The molecule has 17 heavy (non-hydrogen) atoms. The highest BCUT2D eigenvalue weighted by molar-refractivity contribution is 6.41. The molecule has 1 aromatic rings. The van der Waals surface area contributed by atoms with Crippen LogP contribution in [-0.2, 0) is 14.4 Å². The fourth-order valence-corrected chi connectivity index (χ4v) is 0.807. The van der Waals surface area contributed by atoms with Gasteiger partial charge < -0.3 is 20.1 Å². The zero-order valence-electron chi connectivity index (χ0n) is 9.34. The number of nitrogens with two attached hydrogens (primary N) is 1. The molecule has 0 aliphatic carbocycles. The first kappa shape index (κ1) is 12.8. The van der Waals surface area contributed by atoms with Crippen LogP contribution in [0.5, 0.6) is 0 Å². The zero-order chi connectivity index (χ0) is 13.1. The number of carboxylic acid groups (broad SMARTS) is 1. The maximum Gasteiger partial charge on any atom is 0.361 e. The Morgan fingerprint density at radius 2 is 2.18 bits per heavy atom. The van der Waals surface area contributed by atoms with Crippen LogP contribution in [0.2, 0.25) is 0 Å². The van der Waals surface area contributed by atoms with Crippen molar-refractivity contribution in [2.24, 2.45) is 10.9 Å². The highest BCUT2D eigenvalue weighted by Gasteiger charge is 2.28. The molecule has 0 saturated carbocycles. The number of rotatable bonds is 5. The van der Waals surface area contributed by atoms with Gasteiger partial charge in [-0.3, -0.25) is 4.79 Å². The van der Waals surface area contributed by atoms with E-state index in [0.29, 0.717) is 0 Å². The van der Waals surface area contributed by atoms with Gasteiger partial charge in [0.1, 0.15) is 0 Å². The second-order valence-corrected chi connectivity index (χ2v) is 3.69. The van der Waals surface area contributed by atoms with Crippen LogP contribution in [0, 0.1) is 0 Å². The minimum absolute atomic E-state index is 0.0257. The Morgan fingerprint density at radius 3 is 2.59 bits per heavy atom. The number of amides is 1. The summed E-state index contributed by atoms with van der Waals surface area (Å²) in [6.45, 7) is 2.75. The molecule has 1 aromatic heterocycles. The maximum absolute atomic E-state index is 10.9. The predicted octanol–water partition coefficient (Wildman–Crippen LogP) is 0.349. The van der Waals surface area contributed by atoms with Crippen LogP contribution < -0.4 is 5.73 Å². The third-order valence-corrected chi connectivity index (χ3v) is 1.92. The lowest BCUT2D eigenvalue weighted by molar-refractivity contribution is -0.140. The van der Waals surface area contributed by atoms with Gasteiger partial charge in [0.25, 0.3) is 5.91 Å². The van der Waals surface area contributed by atoms with E-state index in [0.717, 1.165) is 0 Å². The van der Waals surface area contributed by atoms with Crippen molar-refractivity contribution in [3.05, 3.63) is 24.2 Å². The molecule has 0 unspecified atom stereocenters. The first-order valence-electron chi connectivity index (χ1n) is 4.68. The smallest absolute Gasteiger partial charge is 0.361 e. The lowest BCUT2D eigenvalue weighted by Crippen LogP contribution is -2.39. The number of nitrogens with zero attached hydrogens (tertiary/aromatic N) is 1. The molecule has 1 rings (SSSR count). The van der Waals surface area contributed by atoms with E-state index in [2.05, 4.69) is 5.16 Å². The molecule has 0 atom stereocenters. The van der Waals surface area contributed by atoms with Crippen molar-refractivity contribution in [2.45, 2.75) is 19.4 Å². The van der Waals surface area contributed by atoms with Gasteiger partial charge in [0.15, 0.2) is 5.76 Å². The molecule has 0 fully saturated rings. The lowest BCUT2D eigenvalue weighted by atomic mass is 10.1. The summed E-state index contributed by atoms with van der Waals surface area (Å²) >= 11 is 0. The van der Waals surface area contributed by atoms with Crippen LogP contribution in [0.25, 0.3) is 0 Å².